The Kier molecular flexibility index (Phi) is 5.98. The molecule has 0 bridgehead atoms. The third-order valence-corrected chi connectivity index (χ3v) is 3.79. The number of aliphatic hydroxyl groups is 1. The van der Waals surface area contributed by atoms with E-state index in [0.717, 1.165) is 6.54 Å². The van der Waals surface area contributed by atoms with Gasteiger partial charge in [0.1, 0.15) is 0 Å². The van der Waals surface area contributed by atoms with Crippen molar-refractivity contribution < 1.29 is 9.32 Å². The lowest BCUT2D eigenvalue weighted by Crippen LogP contribution is -2.30. The van der Waals surface area contributed by atoms with Crippen molar-refractivity contribution >= 4 is 22.4 Å². The van der Waals surface area contributed by atoms with E-state index in [1.54, 1.807) is 24.3 Å². The van der Waals surface area contributed by atoms with E-state index in [1.165, 1.54) is 0 Å². The van der Waals surface area contributed by atoms with Gasteiger partial charge in [0.15, 0.2) is 0 Å². The number of hydrogen-bond acceptors (Lipinski definition) is 3. The summed E-state index contributed by atoms with van der Waals surface area (Å²) >= 11 is 5.73. The van der Waals surface area contributed by atoms with Crippen LogP contribution in [0.5, 0.6) is 0 Å². The standard InChI is InChI=1S/C11H16ClNO2S/c1-2-13-7-10(14)8-16(15)11-5-3-9(12)4-6-11/h3-6,10,13-14H,2,7-8H2,1H3. The Hall–Kier alpha value is -0.420. The van der Waals surface area contributed by atoms with Gasteiger partial charge >= 0.3 is 0 Å². The maximum absolute atomic E-state index is 11.8. The van der Waals surface area contributed by atoms with Crippen molar-refractivity contribution in [3.05, 3.63) is 29.3 Å². The number of rotatable bonds is 6. The molecule has 0 aromatic heterocycles. The molecule has 2 N–H and O–H groups in total. The fourth-order valence-corrected chi connectivity index (χ4v) is 2.45. The molecule has 5 heteroatoms. The summed E-state index contributed by atoms with van der Waals surface area (Å²) in [6.07, 6.45) is -0.587. The highest BCUT2D eigenvalue weighted by Gasteiger charge is 2.10. The van der Waals surface area contributed by atoms with Crippen LogP contribution in [0.15, 0.2) is 29.2 Å². The average Bonchev–Trinajstić information content (AvgIpc) is 2.27. The minimum atomic E-state index is -1.17. The van der Waals surface area contributed by atoms with E-state index in [9.17, 15) is 9.32 Å². The zero-order valence-electron chi connectivity index (χ0n) is 9.15. The minimum absolute atomic E-state index is 0.245. The van der Waals surface area contributed by atoms with Crippen LogP contribution in [-0.2, 0) is 10.8 Å². The van der Waals surface area contributed by atoms with Crippen LogP contribution in [0.25, 0.3) is 0 Å². The normalized spacial score (nSPS) is 14.7. The molecule has 1 aromatic carbocycles. The summed E-state index contributed by atoms with van der Waals surface area (Å²) < 4.78 is 11.8. The Labute approximate surface area is 103 Å². The SMILES string of the molecule is CCNCC(O)CS(=O)c1ccc(Cl)cc1. The van der Waals surface area contributed by atoms with Crippen molar-refractivity contribution in [1.82, 2.24) is 5.32 Å². The maximum atomic E-state index is 11.8. The number of halogens is 1. The first-order valence-electron chi connectivity index (χ1n) is 5.16. The molecule has 1 aromatic rings. The van der Waals surface area contributed by atoms with Crippen molar-refractivity contribution in [2.75, 3.05) is 18.8 Å². The second kappa shape index (κ2) is 7.01. The maximum Gasteiger partial charge on any atom is 0.0783 e. The topological polar surface area (TPSA) is 49.3 Å². The lowest BCUT2D eigenvalue weighted by molar-refractivity contribution is 0.195. The molecule has 0 fully saturated rings. The van der Waals surface area contributed by atoms with Crippen LogP contribution in [0.4, 0.5) is 0 Å². The third kappa shape index (κ3) is 4.61. The highest BCUT2D eigenvalue weighted by Crippen LogP contribution is 2.13. The van der Waals surface area contributed by atoms with Crippen LogP contribution < -0.4 is 5.32 Å². The largest absolute Gasteiger partial charge is 0.391 e. The zero-order valence-corrected chi connectivity index (χ0v) is 10.7. The summed E-state index contributed by atoms with van der Waals surface area (Å²) in [4.78, 5) is 0.694. The second-order valence-corrected chi connectivity index (χ2v) is 5.36. The summed E-state index contributed by atoms with van der Waals surface area (Å²) in [5, 5.41) is 13.2. The van der Waals surface area contributed by atoms with Crippen molar-refractivity contribution in [3.8, 4) is 0 Å². The van der Waals surface area contributed by atoms with Crippen LogP contribution >= 0.6 is 11.6 Å². The minimum Gasteiger partial charge on any atom is -0.391 e. The van der Waals surface area contributed by atoms with Crippen molar-refractivity contribution in [1.29, 1.82) is 0 Å². The number of likely N-dealkylation sites (N-methyl/N-ethyl adjacent to an activating group) is 1. The van der Waals surface area contributed by atoms with Gasteiger partial charge in [0.25, 0.3) is 0 Å². The van der Waals surface area contributed by atoms with Crippen LogP contribution in [0.1, 0.15) is 6.92 Å². The van der Waals surface area contributed by atoms with Crippen molar-refractivity contribution in [2.45, 2.75) is 17.9 Å². The van der Waals surface area contributed by atoms with Gasteiger partial charge in [-0.15, -0.1) is 0 Å². The Balaban J connectivity index is 2.48. The van der Waals surface area contributed by atoms with Gasteiger partial charge in [-0.1, -0.05) is 18.5 Å². The van der Waals surface area contributed by atoms with E-state index < -0.39 is 16.9 Å². The molecule has 0 amide bonds. The molecule has 0 radical (unpaired) electrons. The van der Waals surface area contributed by atoms with Gasteiger partial charge in [-0.2, -0.15) is 0 Å². The number of benzene rings is 1. The first-order chi connectivity index (χ1) is 7.63. The molecule has 3 nitrogen and oxygen atoms in total. The van der Waals surface area contributed by atoms with E-state index in [2.05, 4.69) is 5.32 Å². The van der Waals surface area contributed by atoms with Crippen molar-refractivity contribution in [2.24, 2.45) is 0 Å². The highest BCUT2D eigenvalue weighted by atomic mass is 35.5. The number of nitrogens with one attached hydrogen (secondary N) is 1. The van der Waals surface area contributed by atoms with Gasteiger partial charge in [0.05, 0.1) is 22.7 Å². The lowest BCUT2D eigenvalue weighted by Gasteiger charge is -2.10. The van der Waals surface area contributed by atoms with Crippen LogP contribution in [-0.4, -0.2) is 34.3 Å². The summed E-state index contributed by atoms with van der Waals surface area (Å²) in [7, 11) is -1.17. The summed E-state index contributed by atoms with van der Waals surface area (Å²) in [5.74, 6) is 0.245. The van der Waals surface area contributed by atoms with E-state index in [-0.39, 0.29) is 5.75 Å². The van der Waals surface area contributed by atoms with Gasteiger partial charge in [-0.3, -0.25) is 4.21 Å². The van der Waals surface area contributed by atoms with E-state index >= 15 is 0 Å². The predicted molar refractivity (Wildman–Crippen MR) is 67.3 cm³/mol. The molecular weight excluding hydrogens is 246 g/mol. The zero-order chi connectivity index (χ0) is 12.0. The molecule has 0 saturated heterocycles. The smallest absolute Gasteiger partial charge is 0.0783 e. The first kappa shape index (κ1) is 13.6. The lowest BCUT2D eigenvalue weighted by atomic mass is 10.4. The van der Waals surface area contributed by atoms with E-state index in [0.29, 0.717) is 16.5 Å². The fourth-order valence-electron chi connectivity index (χ4n) is 1.23. The molecule has 0 saturated carbocycles. The quantitative estimate of drug-likeness (QED) is 0.814. The van der Waals surface area contributed by atoms with Crippen LogP contribution in [0.2, 0.25) is 5.02 Å². The van der Waals surface area contributed by atoms with Gasteiger partial charge in [-0.25, -0.2) is 0 Å². The Morgan fingerprint density at radius 2 is 2.06 bits per heavy atom. The van der Waals surface area contributed by atoms with Crippen LogP contribution in [0.3, 0.4) is 0 Å². The monoisotopic (exact) mass is 261 g/mol. The van der Waals surface area contributed by atoms with Gasteiger partial charge in [0.2, 0.25) is 0 Å². The third-order valence-electron chi connectivity index (χ3n) is 2.05. The molecule has 2 atom stereocenters. The number of hydrogen-bond donors (Lipinski definition) is 2. The highest BCUT2D eigenvalue weighted by molar-refractivity contribution is 7.85. The Morgan fingerprint density at radius 3 is 2.62 bits per heavy atom. The Morgan fingerprint density at radius 1 is 1.44 bits per heavy atom. The summed E-state index contributed by atoms with van der Waals surface area (Å²) in [6, 6.07) is 6.84. The fraction of sp³-hybridized carbons (Fsp3) is 0.455. The summed E-state index contributed by atoms with van der Waals surface area (Å²) in [5.41, 5.74) is 0. The van der Waals surface area contributed by atoms with E-state index in [4.69, 9.17) is 11.6 Å². The molecule has 0 aliphatic carbocycles. The molecule has 0 aliphatic heterocycles. The molecule has 0 spiro atoms. The molecule has 90 valence electrons. The summed E-state index contributed by atoms with van der Waals surface area (Å²) in [6.45, 7) is 3.23. The molecule has 0 heterocycles. The Bertz CT molecular complexity index is 342. The molecule has 2 unspecified atom stereocenters. The average molecular weight is 262 g/mol. The second-order valence-electron chi connectivity index (χ2n) is 3.43. The van der Waals surface area contributed by atoms with Crippen LogP contribution in [0, 0.1) is 0 Å². The number of aliphatic hydroxyl groups excluding tert-OH is 1. The van der Waals surface area contributed by atoms with Crippen molar-refractivity contribution in [3.63, 3.8) is 0 Å². The molecular formula is C11H16ClNO2S. The van der Waals surface area contributed by atoms with E-state index in [1.807, 2.05) is 6.92 Å². The predicted octanol–water partition coefficient (Wildman–Crippen LogP) is 1.42. The van der Waals surface area contributed by atoms with Gasteiger partial charge in [0, 0.05) is 16.5 Å². The molecule has 1 rings (SSSR count). The van der Waals surface area contributed by atoms with Gasteiger partial charge < -0.3 is 10.4 Å². The molecule has 16 heavy (non-hydrogen) atoms. The molecule has 0 aliphatic rings. The first-order valence-corrected chi connectivity index (χ1v) is 6.86. The van der Waals surface area contributed by atoms with Gasteiger partial charge in [-0.05, 0) is 30.8 Å².